The van der Waals surface area contributed by atoms with Crippen molar-refractivity contribution in [3.05, 3.63) is 16.7 Å². The number of hydrogen-bond acceptors (Lipinski definition) is 7. The van der Waals surface area contributed by atoms with Crippen LogP contribution in [0.3, 0.4) is 0 Å². The zero-order chi connectivity index (χ0) is 15.1. The van der Waals surface area contributed by atoms with E-state index in [1.54, 1.807) is 0 Å². The fraction of sp³-hybridized carbons (Fsp3) is 0.545. The number of imidazole rings is 1. The van der Waals surface area contributed by atoms with Crippen molar-refractivity contribution in [3.8, 4) is 0 Å². The number of fused-ring (bicyclic) bond motifs is 1. The number of aromatic amines is 1. The number of nitrogens with zero attached hydrogens (tertiary/aromatic N) is 3. The van der Waals surface area contributed by atoms with E-state index in [0.717, 1.165) is 0 Å². The molecule has 0 amide bonds. The van der Waals surface area contributed by atoms with Crippen molar-refractivity contribution >= 4 is 17.1 Å². The Balaban J connectivity index is 2.03. The lowest BCUT2D eigenvalue weighted by molar-refractivity contribution is -0.148. The molecule has 0 saturated carbocycles. The highest BCUT2D eigenvalue weighted by Gasteiger charge is 2.41. The Kier molecular flexibility index (Phi) is 3.35. The predicted octanol–water partition coefficient (Wildman–Crippen LogP) is -1.67. The fourth-order valence-corrected chi connectivity index (χ4v) is 2.43. The van der Waals surface area contributed by atoms with Crippen molar-refractivity contribution in [2.75, 3.05) is 18.9 Å². The van der Waals surface area contributed by atoms with Crippen LogP contribution in [-0.2, 0) is 4.74 Å². The highest BCUT2D eigenvalue weighted by Crippen LogP contribution is 2.28. The summed E-state index contributed by atoms with van der Waals surface area (Å²) < 4.78 is 20.9. The van der Waals surface area contributed by atoms with Crippen molar-refractivity contribution in [2.45, 2.75) is 24.4 Å². The zero-order valence-corrected chi connectivity index (χ0v) is 10.8. The average molecular weight is 299 g/mol. The minimum Gasteiger partial charge on any atom is -0.394 e. The van der Waals surface area contributed by atoms with Gasteiger partial charge < -0.3 is 25.3 Å². The lowest BCUT2D eigenvalue weighted by Gasteiger charge is -2.36. The predicted molar refractivity (Wildman–Crippen MR) is 69.3 cm³/mol. The van der Waals surface area contributed by atoms with Gasteiger partial charge in [0, 0.05) is 0 Å². The summed E-state index contributed by atoms with van der Waals surface area (Å²) in [7, 11) is 0. The molecule has 2 aromatic heterocycles. The number of nitrogens with two attached hydrogens (primary N) is 1. The number of alkyl halides is 1. The van der Waals surface area contributed by atoms with Gasteiger partial charge in [-0.3, -0.25) is 9.78 Å². The lowest BCUT2D eigenvalue weighted by Crippen LogP contribution is -2.50. The van der Waals surface area contributed by atoms with Gasteiger partial charge in [-0.25, -0.2) is 9.37 Å². The number of aliphatic hydroxyl groups is 2. The number of ether oxygens (including phenoxy) is 1. The molecular weight excluding hydrogens is 285 g/mol. The number of halogens is 1. The molecule has 1 aliphatic heterocycles. The van der Waals surface area contributed by atoms with Crippen LogP contribution in [-0.4, -0.2) is 61.3 Å². The van der Waals surface area contributed by atoms with Gasteiger partial charge >= 0.3 is 0 Å². The maximum Gasteiger partial charge on any atom is 0.280 e. The van der Waals surface area contributed by atoms with Crippen LogP contribution in [0.15, 0.2) is 11.1 Å². The summed E-state index contributed by atoms with van der Waals surface area (Å²) in [6.07, 6.45) is -2.91. The van der Waals surface area contributed by atoms with E-state index >= 15 is 0 Å². The molecule has 0 radical (unpaired) electrons. The minimum atomic E-state index is -1.70. The van der Waals surface area contributed by atoms with Crippen molar-refractivity contribution in [3.63, 3.8) is 0 Å². The molecule has 1 saturated heterocycles. The second kappa shape index (κ2) is 5.06. The van der Waals surface area contributed by atoms with Crippen LogP contribution in [0, 0.1) is 0 Å². The SMILES string of the molecule is Nc1nc2c(ncn2[C@@H]2COC(CO)[C@@H](O)[C@H]2F)c(=O)[nH]1. The fourth-order valence-electron chi connectivity index (χ4n) is 2.43. The average Bonchev–Trinajstić information content (AvgIpc) is 2.86. The standard InChI is InChI=1S/C11H14FN5O4/c12-6-4(2-21-5(1-18)8(6)19)17-3-14-7-9(17)15-11(13)16-10(7)20/h3-6,8,18-19H,1-2H2,(H3,13,15,16,20)/t4-,5?,6+,8-/m1/s1. The number of hydrogen-bond donors (Lipinski definition) is 4. The molecule has 3 heterocycles. The summed E-state index contributed by atoms with van der Waals surface area (Å²) in [4.78, 5) is 21.8. The summed E-state index contributed by atoms with van der Waals surface area (Å²) >= 11 is 0. The summed E-state index contributed by atoms with van der Waals surface area (Å²) in [6, 6.07) is -0.915. The van der Waals surface area contributed by atoms with E-state index in [1.807, 2.05) is 0 Å². The molecule has 114 valence electrons. The lowest BCUT2D eigenvalue weighted by atomic mass is 9.99. The number of nitrogen functional groups attached to an aromatic ring is 1. The Morgan fingerprint density at radius 1 is 1.62 bits per heavy atom. The number of H-pyrrole nitrogens is 1. The van der Waals surface area contributed by atoms with Gasteiger partial charge in [0.15, 0.2) is 17.3 Å². The third-order valence-corrected chi connectivity index (χ3v) is 3.54. The van der Waals surface area contributed by atoms with E-state index in [2.05, 4.69) is 15.0 Å². The first-order valence-corrected chi connectivity index (χ1v) is 6.30. The largest absolute Gasteiger partial charge is 0.394 e. The van der Waals surface area contributed by atoms with Crippen molar-refractivity contribution in [2.24, 2.45) is 0 Å². The van der Waals surface area contributed by atoms with E-state index in [-0.39, 0.29) is 23.7 Å². The molecule has 0 aromatic carbocycles. The second-order valence-electron chi connectivity index (χ2n) is 4.83. The van der Waals surface area contributed by atoms with Gasteiger partial charge in [-0.05, 0) is 0 Å². The van der Waals surface area contributed by atoms with E-state index in [4.69, 9.17) is 15.6 Å². The monoisotopic (exact) mass is 299 g/mol. The molecule has 1 unspecified atom stereocenters. The molecule has 9 nitrogen and oxygen atoms in total. The number of aromatic nitrogens is 4. The highest BCUT2D eigenvalue weighted by molar-refractivity contribution is 5.70. The minimum absolute atomic E-state index is 0.0233. The van der Waals surface area contributed by atoms with E-state index < -0.39 is 36.6 Å². The van der Waals surface area contributed by atoms with Crippen LogP contribution < -0.4 is 11.3 Å². The Hall–Kier alpha value is -2.04. The van der Waals surface area contributed by atoms with Gasteiger partial charge in [0.2, 0.25) is 5.95 Å². The molecule has 3 rings (SSSR count). The molecular formula is C11H14FN5O4. The Bertz CT molecular complexity index is 716. The number of aliphatic hydroxyl groups excluding tert-OH is 2. The van der Waals surface area contributed by atoms with Gasteiger partial charge in [0.05, 0.1) is 25.6 Å². The molecule has 5 N–H and O–H groups in total. The highest BCUT2D eigenvalue weighted by atomic mass is 19.1. The van der Waals surface area contributed by atoms with Crippen LogP contribution in [0.25, 0.3) is 11.2 Å². The van der Waals surface area contributed by atoms with Crippen LogP contribution >= 0.6 is 0 Å². The molecule has 10 heteroatoms. The first-order chi connectivity index (χ1) is 10.0. The summed E-state index contributed by atoms with van der Waals surface area (Å²) in [5, 5.41) is 18.8. The molecule has 2 aromatic rings. The Morgan fingerprint density at radius 2 is 2.38 bits per heavy atom. The Labute approximate surface area is 117 Å². The first-order valence-electron chi connectivity index (χ1n) is 6.30. The molecule has 1 fully saturated rings. The third kappa shape index (κ3) is 2.17. The van der Waals surface area contributed by atoms with Crippen LogP contribution in [0.4, 0.5) is 10.3 Å². The molecule has 1 aliphatic rings. The Morgan fingerprint density at radius 3 is 3.10 bits per heavy atom. The van der Waals surface area contributed by atoms with Crippen molar-refractivity contribution in [1.82, 2.24) is 19.5 Å². The van der Waals surface area contributed by atoms with Crippen LogP contribution in [0.1, 0.15) is 6.04 Å². The van der Waals surface area contributed by atoms with E-state index in [9.17, 15) is 14.3 Å². The molecule has 21 heavy (non-hydrogen) atoms. The van der Waals surface area contributed by atoms with Crippen molar-refractivity contribution < 1.29 is 19.3 Å². The van der Waals surface area contributed by atoms with Crippen molar-refractivity contribution in [1.29, 1.82) is 0 Å². The van der Waals surface area contributed by atoms with E-state index in [1.165, 1.54) is 10.9 Å². The topological polar surface area (TPSA) is 139 Å². The normalized spacial score (nSPS) is 29.9. The van der Waals surface area contributed by atoms with Crippen LogP contribution in [0.5, 0.6) is 0 Å². The summed E-state index contributed by atoms with van der Waals surface area (Å²) in [6.45, 7) is -0.576. The summed E-state index contributed by atoms with van der Waals surface area (Å²) in [5.74, 6) is -0.116. The first kappa shape index (κ1) is 13.9. The van der Waals surface area contributed by atoms with Gasteiger partial charge in [0.25, 0.3) is 5.56 Å². The third-order valence-electron chi connectivity index (χ3n) is 3.54. The van der Waals surface area contributed by atoms with Gasteiger partial charge in [0.1, 0.15) is 12.2 Å². The smallest absolute Gasteiger partial charge is 0.280 e. The number of nitrogens with one attached hydrogen (secondary N) is 1. The van der Waals surface area contributed by atoms with Gasteiger partial charge in [-0.1, -0.05) is 0 Å². The molecule has 4 atom stereocenters. The maximum atomic E-state index is 14.3. The molecule has 0 aliphatic carbocycles. The van der Waals surface area contributed by atoms with Gasteiger partial charge in [-0.2, -0.15) is 4.98 Å². The second-order valence-corrected chi connectivity index (χ2v) is 4.83. The number of anilines is 1. The quantitative estimate of drug-likeness (QED) is 0.520. The zero-order valence-electron chi connectivity index (χ0n) is 10.8. The number of rotatable bonds is 2. The summed E-state index contributed by atoms with van der Waals surface area (Å²) in [5.41, 5.74) is 5.08. The maximum absolute atomic E-state index is 14.3. The molecule has 0 spiro atoms. The van der Waals surface area contributed by atoms with Crippen LogP contribution in [0.2, 0.25) is 0 Å². The van der Waals surface area contributed by atoms with Gasteiger partial charge in [-0.15, -0.1) is 0 Å². The molecule has 0 bridgehead atoms. The van der Waals surface area contributed by atoms with E-state index in [0.29, 0.717) is 0 Å².